The zero-order chi connectivity index (χ0) is 13.7. The molecule has 19 heavy (non-hydrogen) atoms. The van der Waals surface area contributed by atoms with Crippen molar-refractivity contribution < 1.29 is 9.53 Å². The lowest BCUT2D eigenvalue weighted by Crippen LogP contribution is -2.18. The highest BCUT2D eigenvalue weighted by molar-refractivity contribution is 5.69. The van der Waals surface area contributed by atoms with E-state index in [-0.39, 0.29) is 5.97 Å². The second-order valence-electron chi connectivity index (χ2n) is 5.29. The molecular weight excluding hydrogens is 240 g/mol. The zero-order valence-corrected chi connectivity index (χ0v) is 11.9. The van der Waals surface area contributed by atoms with Gasteiger partial charge >= 0.3 is 5.97 Å². The largest absolute Gasteiger partial charge is 0.464 e. The molecule has 1 saturated carbocycles. The number of carbonyl (C=O) groups excluding carboxylic acids is 1. The first kappa shape index (κ1) is 14.1. The Kier molecular flexibility index (Phi) is 5.02. The Morgan fingerprint density at radius 1 is 1.58 bits per heavy atom. The summed E-state index contributed by atoms with van der Waals surface area (Å²) in [6, 6.07) is 2.52. The zero-order valence-electron chi connectivity index (χ0n) is 11.9. The van der Waals surface area contributed by atoms with Crippen LogP contribution in [0.1, 0.15) is 44.2 Å². The van der Waals surface area contributed by atoms with E-state index in [2.05, 4.69) is 24.5 Å². The summed E-state index contributed by atoms with van der Waals surface area (Å²) in [6.45, 7) is 2.93. The number of nitrogens with zero attached hydrogens (tertiary/aromatic N) is 1. The van der Waals surface area contributed by atoms with Crippen LogP contribution in [0, 0.1) is 5.92 Å². The van der Waals surface area contributed by atoms with Gasteiger partial charge in [-0.05, 0) is 43.9 Å². The fraction of sp³-hybridized carbons (Fsp3) is 0.667. The minimum atomic E-state index is -0.150. The standard InChI is InChI=1S/C15H24N2O2/c1-3-4-9-19-14(18)11-17-8-7-13(10-17)15(16-2)12-5-6-12/h7-8,10,12,15-16H,3-6,9,11H2,1-2H3. The molecule has 0 saturated heterocycles. The summed E-state index contributed by atoms with van der Waals surface area (Å²) in [7, 11) is 2.00. The summed E-state index contributed by atoms with van der Waals surface area (Å²) in [4.78, 5) is 11.6. The van der Waals surface area contributed by atoms with Crippen molar-refractivity contribution in [2.45, 2.75) is 45.2 Å². The summed E-state index contributed by atoms with van der Waals surface area (Å²) < 4.78 is 7.08. The maximum atomic E-state index is 11.6. The van der Waals surface area contributed by atoms with Crippen molar-refractivity contribution in [1.29, 1.82) is 0 Å². The fourth-order valence-electron chi connectivity index (χ4n) is 2.37. The number of hydrogen-bond acceptors (Lipinski definition) is 3. The quantitative estimate of drug-likeness (QED) is 0.579. The first-order valence-electron chi connectivity index (χ1n) is 7.23. The van der Waals surface area contributed by atoms with Crippen LogP contribution in [0.5, 0.6) is 0 Å². The lowest BCUT2D eigenvalue weighted by Gasteiger charge is -2.13. The molecular formula is C15H24N2O2. The number of nitrogens with one attached hydrogen (secondary N) is 1. The van der Waals surface area contributed by atoms with Gasteiger partial charge in [-0.2, -0.15) is 0 Å². The van der Waals surface area contributed by atoms with E-state index >= 15 is 0 Å². The number of unbranched alkanes of at least 4 members (excludes halogenated alkanes) is 1. The van der Waals surface area contributed by atoms with Crippen LogP contribution in [0.3, 0.4) is 0 Å². The Morgan fingerprint density at radius 3 is 3.00 bits per heavy atom. The van der Waals surface area contributed by atoms with Crippen molar-refractivity contribution >= 4 is 5.97 Å². The summed E-state index contributed by atoms with van der Waals surface area (Å²) in [5.74, 6) is 0.611. The van der Waals surface area contributed by atoms with Gasteiger partial charge in [0.25, 0.3) is 0 Å². The Labute approximate surface area is 115 Å². The third-order valence-electron chi connectivity index (χ3n) is 3.61. The van der Waals surface area contributed by atoms with Gasteiger partial charge in [0.05, 0.1) is 6.61 Å². The van der Waals surface area contributed by atoms with Gasteiger partial charge in [-0.1, -0.05) is 13.3 Å². The van der Waals surface area contributed by atoms with Gasteiger partial charge in [0.1, 0.15) is 6.54 Å². The molecule has 4 nitrogen and oxygen atoms in total. The van der Waals surface area contributed by atoms with E-state index in [0.29, 0.717) is 19.2 Å². The molecule has 1 unspecified atom stereocenters. The van der Waals surface area contributed by atoms with E-state index < -0.39 is 0 Å². The molecule has 1 N–H and O–H groups in total. The molecule has 1 atom stereocenters. The maximum absolute atomic E-state index is 11.6. The second-order valence-corrected chi connectivity index (χ2v) is 5.29. The van der Waals surface area contributed by atoms with Crippen LogP contribution in [-0.4, -0.2) is 24.2 Å². The molecule has 1 fully saturated rings. The van der Waals surface area contributed by atoms with Crippen LogP contribution in [-0.2, 0) is 16.1 Å². The third-order valence-corrected chi connectivity index (χ3v) is 3.61. The summed E-state index contributed by atoms with van der Waals surface area (Å²) in [5, 5.41) is 3.36. The van der Waals surface area contributed by atoms with Crippen molar-refractivity contribution in [3.63, 3.8) is 0 Å². The van der Waals surface area contributed by atoms with E-state index in [4.69, 9.17) is 4.74 Å². The van der Waals surface area contributed by atoms with Crippen molar-refractivity contribution in [2.24, 2.45) is 5.92 Å². The number of aromatic nitrogens is 1. The predicted molar refractivity (Wildman–Crippen MR) is 74.8 cm³/mol. The van der Waals surface area contributed by atoms with E-state index in [1.54, 1.807) is 0 Å². The minimum absolute atomic E-state index is 0.150. The first-order valence-corrected chi connectivity index (χ1v) is 7.23. The fourth-order valence-corrected chi connectivity index (χ4v) is 2.37. The van der Waals surface area contributed by atoms with Crippen molar-refractivity contribution in [1.82, 2.24) is 9.88 Å². The van der Waals surface area contributed by atoms with Crippen LogP contribution < -0.4 is 5.32 Å². The SMILES string of the molecule is CCCCOC(=O)Cn1ccc(C(NC)C2CC2)c1. The molecule has 0 aliphatic heterocycles. The molecule has 1 aliphatic carbocycles. The molecule has 0 spiro atoms. The first-order chi connectivity index (χ1) is 9.24. The predicted octanol–water partition coefficient (Wildman–Crippen LogP) is 2.50. The van der Waals surface area contributed by atoms with Crippen LogP contribution in [0.15, 0.2) is 18.5 Å². The Bertz CT molecular complexity index is 410. The van der Waals surface area contributed by atoms with E-state index in [0.717, 1.165) is 18.8 Å². The Morgan fingerprint density at radius 2 is 2.37 bits per heavy atom. The third kappa shape index (κ3) is 4.10. The molecule has 1 aromatic heterocycles. The van der Waals surface area contributed by atoms with Gasteiger partial charge in [0.2, 0.25) is 0 Å². The number of esters is 1. The second kappa shape index (κ2) is 6.75. The average Bonchev–Trinajstić information content (AvgIpc) is 3.12. The smallest absolute Gasteiger partial charge is 0.325 e. The molecule has 106 valence electrons. The van der Waals surface area contributed by atoms with Crippen LogP contribution >= 0.6 is 0 Å². The maximum Gasteiger partial charge on any atom is 0.325 e. The van der Waals surface area contributed by atoms with Crippen molar-refractivity contribution in [3.05, 3.63) is 24.0 Å². The lowest BCUT2D eigenvalue weighted by molar-refractivity contribution is -0.144. The summed E-state index contributed by atoms with van der Waals surface area (Å²) in [6.07, 6.45) is 8.60. The Balaban J connectivity index is 1.84. The molecule has 1 aliphatic rings. The number of carbonyl (C=O) groups is 1. The summed E-state index contributed by atoms with van der Waals surface area (Å²) in [5.41, 5.74) is 1.27. The van der Waals surface area contributed by atoms with Crippen LogP contribution in [0.25, 0.3) is 0 Å². The van der Waals surface area contributed by atoms with Crippen molar-refractivity contribution in [3.8, 4) is 0 Å². The van der Waals surface area contributed by atoms with Crippen LogP contribution in [0.4, 0.5) is 0 Å². The van der Waals surface area contributed by atoms with Gasteiger partial charge in [-0.3, -0.25) is 4.79 Å². The number of hydrogen-bond donors (Lipinski definition) is 1. The highest BCUT2D eigenvalue weighted by Crippen LogP contribution is 2.40. The molecule has 4 heteroatoms. The Hall–Kier alpha value is -1.29. The highest BCUT2D eigenvalue weighted by Gasteiger charge is 2.31. The average molecular weight is 264 g/mol. The monoisotopic (exact) mass is 264 g/mol. The van der Waals surface area contributed by atoms with E-state index in [9.17, 15) is 4.79 Å². The molecule has 1 heterocycles. The molecule has 2 rings (SSSR count). The topological polar surface area (TPSA) is 43.3 Å². The molecule has 0 aromatic carbocycles. The van der Waals surface area contributed by atoms with Gasteiger partial charge in [-0.15, -0.1) is 0 Å². The van der Waals surface area contributed by atoms with Gasteiger partial charge in [0, 0.05) is 18.4 Å². The van der Waals surface area contributed by atoms with Gasteiger partial charge in [0.15, 0.2) is 0 Å². The van der Waals surface area contributed by atoms with Gasteiger partial charge in [-0.25, -0.2) is 0 Å². The number of ether oxygens (including phenoxy) is 1. The van der Waals surface area contributed by atoms with Crippen molar-refractivity contribution in [2.75, 3.05) is 13.7 Å². The normalized spacial score (nSPS) is 16.3. The molecule has 0 amide bonds. The number of rotatable bonds is 8. The molecule has 0 bridgehead atoms. The van der Waals surface area contributed by atoms with Gasteiger partial charge < -0.3 is 14.6 Å². The van der Waals surface area contributed by atoms with E-state index in [1.807, 2.05) is 17.8 Å². The summed E-state index contributed by atoms with van der Waals surface area (Å²) >= 11 is 0. The van der Waals surface area contributed by atoms with Crippen LogP contribution in [0.2, 0.25) is 0 Å². The molecule has 1 aromatic rings. The lowest BCUT2D eigenvalue weighted by atomic mass is 10.1. The molecule has 0 radical (unpaired) electrons. The van der Waals surface area contributed by atoms with E-state index in [1.165, 1.54) is 18.4 Å². The minimum Gasteiger partial charge on any atom is -0.464 e. The highest BCUT2D eigenvalue weighted by atomic mass is 16.5.